The van der Waals surface area contributed by atoms with Crippen molar-refractivity contribution in [2.24, 2.45) is 10.7 Å². The van der Waals surface area contributed by atoms with Crippen LogP contribution in [-0.2, 0) is 0 Å². The zero-order chi connectivity index (χ0) is 34.8. The Hall–Kier alpha value is -6.33. The molecule has 6 aromatic carbocycles. The quantitative estimate of drug-likeness (QED) is 0.141. The first-order valence-electron chi connectivity index (χ1n) is 18.1. The molecule has 0 saturated heterocycles. The van der Waals surface area contributed by atoms with E-state index >= 15 is 0 Å². The largest absolute Gasteiger partial charge is 0.485 e. The number of fused-ring (bicyclic) bond motifs is 9. The summed E-state index contributed by atoms with van der Waals surface area (Å²) in [7, 11) is 0. The molecule has 0 radical (unpaired) electrons. The highest BCUT2D eigenvalue weighted by atomic mass is 16.5. The number of hydrogen-bond acceptors (Lipinski definition) is 3. The second kappa shape index (κ2) is 12.2. The lowest BCUT2D eigenvalue weighted by atomic mass is 9.78. The Morgan fingerprint density at radius 3 is 2.12 bits per heavy atom. The number of aromatic nitrogens is 1. The van der Waals surface area contributed by atoms with Crippen molar-refractivity contribution in [3.8, 4) is 17.2 Å². The molecule has 0 fully saturated rings. The fourth-order valence-electron chi connectivity index (χ4n) is 8.41. The van der Waals surface area contributed by atoms with E-state index in [1.54, 1.807) is 0 Å². The van der Waals surface area contributed by atoms with Gasteiger partial charge >= 0.3 is 0 Å². The van der Waals surface area contributed by atoms with Crippen molar-refractivity contribution in [1.29, 1.82) is 0 Å². The van der Waals surface area contributed by atoms with Crippen LogP contribution >= 0.6 is 0 Å². The maximum Gasteiger partial charge on any atom is 0.131 e. The summed E-state index contributed by atoms with van der Waals surface area (Å²) in [5.41, 5.74) is 16.6. The first-order valence-corrected chi connectivity index (χ1v) is 18.1. The van der Waals surface area contributed by atoms with Gasteiger partial charge in [0.25, 0.3) is 0 Å². The number of hydrogen-bond donors (Lipinski definition) is 1. The molecule has 2 N–H and O–H groups in total. The van der Waals surface area contributed by atoms with Crippen molar-refractivity contribution >= 4 is 33.3 Å². The summed E-state index contributed by atoms with van der Waals surface area (Å²) in [6.07, 6.45) is 5.31. The highest BCUT2D eigenvalue weighted by molar-refractivity contribution is 6.09. The first-order chi connectivity index (χ1) is 25.6. The van der Waals surface area contributed by atoms with E-state index in [1.165, 1.54) is 38.5 Å². The molecular weight excluding hydrogens is 639 g/mol. The number of ether oxygens (including phenoxy) is 2. The number of para-hydroxylation sites is 2. The van der Waals surface area contributed by atoms with Crippen LogP contribution < -0.4 is 15.2 Å². The van der Waals surface area contributed by atoms with E-state index < -0.39 is 0 Å². The Morgan fingerprint density at radius 1 is 0.731 bits per heavy atom. The van der Waals surface area contributed by atoms with Crippen LogP contribution in [0.3, 0.4) is 0 Å². The lowest BCUT2D eigenvalue weighted by Gasteiger charge is -2.26. The van der Waals surface area contributed by atoms with Crippen LogP contribution in [0.5, 0.6) is 11.5 Å². The third-order valence-corrected chi connectivity index (χ3v) is 11.0. The molecular formula is C47H37N3O2. The number of allylic oxidation sites excluding steroid dienone is 2. The lowest BCUT2D eigenvalue weighted by Crippen LogP contribution is -2.24. The normalized spacial score (nSPS) is 19.6. The molecule has 3 aliphatic rings. The van der Waals surface area contributed by atoms with Gasteiger partial charge in [0.05, 0.1) is 16.7 Å². The maximum absolute atomic E-state index is 6.58. The van der Waals surface area contributed by atoms with E-state index in [0.29, 0.717) is 5.84 Å². The van der Waals surface area contributed by atoms with E-state index in [2.05, 4.69) is 121 Å². The molecule has 0 saturated carbocycles. The third kappa shape index (κ3) is 5.03. The van der Waals surface area contributed by atoms with Gasteiger partial charge in [-0.15, -0.1) is 0 Å². The fraction of sp³-hybridized carbons (Fsp3) is 0.128. The summed E-state index contributed by atoms with van der Waals surface area (Å²) < 4.78 is 15.5. The average molecular weight is 676 g/mol. The second-order valence-electron chi connectivity index (χ2n) is 14.1. The molecule has 4 unspecified atom stereocenters. The van der Waals surface area contributed by atoms with Gasteiger partial charge in [-0.25, -0.2) is 4.99 Å². The standard InChI is InChI=1S/C47H37N3O2/c1-29(24-40(30-12-4-2-5-13-30)49-47(48)31-14-6-3-7-15-31)32-20-22-43-36(25-32)38-27-39-37-26-33(21-23-44(37)52-46(39)28-45(38)51-43)50-41-18-10-8-16-34(41)35-17-9-11-19-42(35)50/h2-26,28-29,38-39,46H,27H2,1H3,(H2,48,49)/b40-24-. The zero-order valence-corrected chi connectivity index (χ0v) is 28.8. The first kappa shape index (κ1) is 30.5. The molecule has 0 spiro atoms. The van der Waals surface area contributed by atoms with Crippen LogP contribution in [0, 0.1) is 0 Å². The van der Waals surface area contributed by atoms with Gasteiger partial charge in [0.2, 0.25) is 0 Å². The SMILES string of the molecule is CC(/C=C(\N=C(N)c1ccccc1)c1ccccc1)c1ccc2c(c1)C1CC3c4cc(-n5c6ccccc6c6ccccc65)ccc4OC3C=C1O2. The Labute approximate surface area is 303 Å². The van der Waals surface area contributed by atoms with Crippen LogP contribution in [0.2, 0.25) is 0 Å². The highest BCUT2D eigenvalue weighted by Crippen LogP contribution is 2.54. The topological polar surface area (TPSA) is 61.8 Å². The molecule has 5 nitrogen and oxygen atoms in total. The third-order valence-electron chi connectivity index (χ3n) is 11.0. The van der Waals surface area contributed by atoms with Crippen molar-refractivity contribution < 1.29 is 9.47 Å². The minimum Gasteiger partial charge on any atom is -0.485 e. The van der Waals surface area contributed by atoms with Crippen molar-refractivity contribution in [3.63, 3.8) is 0 Å². The van der Waals surface area contributed by atoms with E-state index in [1.807, 2.05) is 48.5 Å². The smallest absolute Gasteiger partial charge is 0.131 e. The molecule has 2 aliphatic heterocycles. The molecule has 5 heteroatoms. The Balaban J connectivity index is 0.980. The Kier molecular flexibility index (Phi) is 7.14. The molecule has 1 aliphatic carbocycles. The van der Waals surface area contributed by atoms with Crippen LogP contribution in [0.25, 0.3) is 33.2 Å². The summed E-state index contributed by atoms with van der Waals surface area (Å²) in [6.45, 7) is 2.22. The van der Waals surface area contributed by atoms with E-state index in [4.69, 9.17) is 20.2 Å². The summed E-state index contributed by atoms with van der Waals surface area (Å²) in [5.74, 6) is 3.88. The summed E-state index contributed by atoms with van der Waals surface area (Å²) >= 11 is 0. The monoisotopic (exact) mass is 675 g/mol. The predicted octanol–water partition coefficient (Wildman–Crippen LogP) is 10.6. The zero-order valence-electron chi connectivity index (χ0n) is 28.8. The molecule has 252 valence electrons. The highest BCUT2D eigenvalue weighted by Gasteiger charge is 2.44. The Morgan fingerprint density at radius 2 is 1.38 bits per heavy atom. The van der Waals surface area contributed by atoms with Gasteiger partial charge in [0.1, 0.15) is 29.2 Å². The van der Waals surface area contributed by atoms with Gasteiger partial charge in [0, 0.05) is 50.9 Å². The number of nitrogens with zero attached hydrogens (tertiary/aromatic N) is 2. The number of nitrogens with two attached hydrogens (primary N) is 1. The molecule has 4 atom stereocenters. The maximum atomic E-state index is 6.58. The summed E-state index contributed by atoms with van der Waals surface area (Å²) in [6, 6.07) is 50.9. The second-order valence-corrected chi connectivity index (χ2v) is 14.1. The van der Waals surface area contributed by atoms with Crippen molar-refractivity contribution in [2.45, 2.75) is 37.2 Å². The van der Waals surface area contributed by atoms with Crippen molar-refractivity contribution in [3.05, 3.63) is 191 Å². The molecule has 10 rings (SSSR count). The minimum absolute atomic E-state index is 0.0494. The number of amidine groups is 1. The molecule has 3 heterocycles. The number of aliphatic imine (C=N–C) groups is 1. The lowest BCUT2D eigenvalue weighted by molar-refractivity contribution is 0.225. The van der Waals surface area contributed by atoms with Gasteiger partial charge in [-0.2, -0.15) is 0 Å². The van der Waals surface area contributed by atoms with Crippen molar-refractivity contribution in [1.82, 2.24) is 4.57 Å². The van der Waals surface area contributed by atoms with E-state index in [-0.39, 0.29) is 23.9 Å². The summed E-state index contributed by atoms with van der Waals surface area (Å²) in [4.78, 5) is 4.94. The van der Waals surface area contributed by atoms with Crippen molar-refractivity contribution in [2.75, 3.05) is 0 Å². The molecule has 1 aromatic heterocycles. The molecule has 0 bridgehead atoms. The molecule has 0 amide bonds. The average Bonchev–Trinajstić information content (AvgIpc) is 3.85. The number of rotatable bonds is 6. The van der Waals surface area contributed by atoms with E-state index in [9.17, 15) is 0 Å². The van der Waals surface area contributed by atoms with Gasteiger partial charge < -0.3 is 19.8 Å². The van der Waals surface area contributed by atoms with E-state index in [0.717, 1.165) is 46.2 Å². The predicted molar refractivity (Wildman–Crippen MR) is 210 cm³/mol. The van der Waals surface area contributed by atoms with Crippen LogP contribution in [0.15, 0.2) is 168 Å². The minimum atomic E-state index is -0.0494. The van der Waals surface area contributed by atoms with Gasteiger partial charge in [-0.3, -0.25) is 0 Å². The van der Waals surface area contributed by atoms with Crippen LogP contribution in [-0.4, -0.2) is 16.5 Å². The van der Waals surface area contributed by atoms with Gasteiger partial charge in [0.15, 0.2) is 0 Å². The molecule has 52 heavy (non-hydrogen) atoms. The van der Waals surface area contributed by atoms with Gasteiger partial charge in [-0.05, 0) is 60.0 Å². The summed E-state index contributed by atoms with van der Waals surface area (Å²) in [5, 5.41) is 2.53. The molecule has 7 aromatic rings. The Bertz CT molecular complexity index is 2550. The van der Waals surface area contributed by atoms with Gasteiger partial charge in [-0.1, -0.05) is 122 Å². The fourth-order valence-corrected chi connectivity index (χ4v) is 8.41. The van der Waals surface area contributed by atoms with Crippen LogP contribution in [0.4, 0.5) is 0 Å². The van der Waals surface area contributed by atoms with Crippen LogP contribution in [0.1, 0.15) is 58.9 Å². The number of benzene rings is 6.